The van der Waals surface area contributed by atoms with Crippen molar-refractivity contribution in [2.45, 2.75) is 45.6 Å². The summed E-state index contributed by atoms with van der Waals surface area (Å²) >= 11 is 3.35. The molecule has 0 saturated carbocycles. The molecule has 0 aliphatic heterocycles. The summed E-state index contributed by atoms with van der Waals surface area (Å²) in [6.07, 6.45) is 5.84. The summed E-state index contributed by atoms with van der Waals surface area (Å²) < 4.78 is 0.931. The Morgan fingerprint density at radius 1 is 1.31 bits per heavy atom. The standard InChI is InChI=1S/C12H20BrN3/c1-4-6-14-9(3)11(5-2)12-15-7-10(13)8-16-12/h7-9,11,14H,4-6H2,1-3H3. The van der Waals surface area contributed by atoms with Gasteiger partial charge < -0.3 is 5.32 Å². The number of hydrogen-bond acceptors (Lipinski definition) is 3. The van der Waals surface area contributed by atoms with Gasteiger partial charge in [0.2, 0.25) is 0 Å². The third kappa shape index (κ3) is 3.83. The SMILES string of the molecule is CCCNC(C)C(CC)c1ncc(Br)cn1. The van der Waals surface area contributed by atoms with Crippen LogP contribution in [0, 0.1) is 0 Å². The first-order valence-electron chi connectivity index (χ1n) is 5.89. The molecule has 2 atom stereocenters. The lowest BCUT2D eigenvalue weighted by Crippen LogP contribution is -2.33. The van der Waals surface area contributed by atoms with E-state index in [0.29, 0.717) is 12.0 Å². The van der Waals surface area contributed by atoms with Gasteiger partial charge in [0.25, 0.3) is 0 Å². The molecule has 3 nitrogen and oxygen atoms in total. The summed E-state index contributed by atoms with van der Waals surface area (Å²) in [4.78, 5) is 8.76. The Hall–Kier alpha value is -0.480. The van der Waals surface area contributed by atoms with Gasteiger partial charge in [0, 0.05) is 24.4 Å². The molecule has 0 fully saturated rings. The van der Waals surface area contributed by atoms with Gasteiger partial charge in [0.1, 0.15) is 5.82 Å². The van der Waals surface area contributed by atoms with Crippen molar-refractivity contribution in [3.63, 3.8) is 0 Å². The van der Waals surface area contributed by atoms with Crippen LogP contribution in [0.2, 0.25) is 0 Å². The van der Waals surface area contributed by atoms with E-state index in [0.717, 1.165) is 29.7 Å². The van der Waals surface area contributed by atoms with Gasteiger partial charge in [-0.25, -0.2) is 9.97 Å². The Kier molecular flexibility index (Phi) is 5.91. The molecule has 1 rings (SSSR count). The second kappa shape index (κ2) is 6.97. The zero-order valence-corrected chi connectivity index (χ0v) is 11.8. The molecular formula is C12H20BrN3. The molecular weight excluding hydrogens is 266 g/mol. The Bertz CT molecular complexity index is 300. The van der Waals surface area contributed by atoms with E-state index in [2.05, 4.69) is 52.0 Å². The minimum Gasteiger partial charge on any atom is -0.314 e. The number of rotatable bonds is 6. The van der Waals surface area contributed by atoms with Gasteiger partial charge in [-0.15, -0.1) is 0 Å². The van der Waals surface area contributed by atoms with Crippen LogP contribution in [-0.4, -0.2) is 22.6 Å². The van der Waals surface area contributed by atoms with Crippen LogP contribution in [0.4, 0.5) is 0 Å². The molecule has 0 aliphatic rings. The molecule has 0 bridgehead atoms. The topological polar surface area (TPSA) is 37.8 Å². The van der Waals surface area contributed by atoms with Crippen LogP contribution in [0.3, 0.4) is 0 Å². The largest absolute Gasteiger partial charge is 0.314 e. The summed E-state index contributed by atoms with van der Waals surface area (Å²) in [7, 11) is 0. The number of nitrogens with zero attached hydrogens (tertiary/aromatic N) is 2. The Morgan fingerprint density at radius 2 is 1.94 bits per heavy atom. The number of hydrogen-bond donors (Lipinski definition) is 1. The lowest BCUT2D eigenvalue weighted by molar-refractivity contribution is 0.435. The van der Waals surface area contributed by atoms with Crippen LogP contribution in [0.15, 0.2) is 16.9 Å². The van der Waals surface area contributed by atoms with Crippen molar-refractivity contribution in [1.82, 2.24) is 15.3 Å². The predicted molar refractivity (Wildman–Crippen MR) is 70.5 cm³/mol. The highest BCUT2D eigenvalue weighted by atomic mass is 79.9. The number of aromatic nitrogens is 2. The lowest BCUT2D eigenvalue weighted by Gasteiger charge is -2.22. The van der Waals surface area contributed by atoms with Gasteiger partial charge in [0.15, 0.2) is 0 Å². The summed E-state index contributed by atoms with van der Waals surface area (Å²) in [6, 6.07) is 0.422. The van der Waals surface area contributed by atoms with Gasteiger partial charge >= 0.3 is 0 Å². The third-order valence-corrected chi connectivity index (χ3v) is 3.14. The number of nitrogens with one attached hydrogen (secondary N) is 1. The average Bonchev–Trinajstić information content (AvgIpc) is 2.30. The van der Waals surface area contributed by atoms with Crippen molar-refractivity contribution < 1.29 is 0 Å². The highest BCUT2D eigenvalue weighted by Gasteiger charge is 2.19. The molecule has 0 spiro atoms. The van der Waals surface area contributed by atoms with Crippen LogP contribution in [0.25, 0.3) is 0 Å². The minimum atomic E-state index is 0.389. The van der Waals surface area contributed by atoms with Crippen molar-refractivity contribution in [3.05, 3.63) is 22.7 Å². The zero-order valence-electron chi connectivity index (χ0n) is 10.2. The van der Waals surface area contributed by atoms with Crippen molar-refractivity contribution in [2.75, 3.05) is 6.54 Å². The fourth-order valence-corrected chi connectivity index (χ4v) is 1.99. The summed E-state index contributed by atoms with van der Waals surface area (Å²) in [6.45, 7) is 7.61. The first-order valence-corrected chi connectivity index (χ1v) is 6.69. The van der Waals surface area contributed by atoms with E-state index < -0.39 is 0 Å². The van der Waals surface area contributed by atoms with Gasteiger partial charge in [-0.2, -0.15) is 0 Å². The van der Waals surface area contributed by atoms with Crippen molar-refractivity contribution in [3.8, 4) is 0 Å². The second-order valence-corrected chi connectivity index (χ2v) is 4.93. The maximum absolute atomic E-state index is 4.38. The first-order chi connectivity index (χ1) is 7.69. The van der Waals surface area contributed by atoms with Gasteiger partial charge in [-0.3, -0.25) is 0 Å². The molecule has 16 heavy (non-hydrogen) atoms. The highest BCUT2D eigenvalue weighted by Crippen LogP contribution is 2.20. The third-order valence-electron chi connectivity index (χ3n) is 2.73. The van der Waals surface area contributed by atoms with Crippen molar-refractivity contribution in [1.29, 1.82) is 0 Å². The van der Waals surface area contributed by atoms with E-state index in [-0.39, 0.29) is 0 Å². The zero-order chi connectivity index (χ0) is 12.0. The molecule has 0 aromatic carbocycles. The van der Waals surface area contributed by atoms with Gasteiger partial charge in [-0.1, -0.05) is 13.8 Å². The molecule has 0 amide bonds. The Balaban J connectivity index is 2.69. The molecule has 2 unspecified atom stereocenters. The molecule has 0 radical (unpaired) electrons. The van der Waals surface area contributed by atoms with Gasteiger partial charge in [-0.05, 0) is 42.2 Å². The lowest BCUT2D eigenvalue weighted by atomic mass is 9.97. The summed E-state index contributed by atoms with van der Waals surface area (Å²) in [5, 5.41) is 3.50. The van der Waals surface area contributed by atoms with E-state index >= 15 is 0 Å². The quantitative estimate of drug-likeness (QED) is 0.873. The molecule has 0 saturated heterocycles. The minimum absolute atomic E-state index is 0.389. The van der Waals surface area contributed by atoms with Crippen LogP contribution >= 0.6 is 15.9 Å². The van der Waals surface area contributed by atoms with Crippen molar-refractivity contribution in [2.24, 2.45) is 0 Å². The molecule has 1 N–H and O–H groups in total. The van der Waals surface area contributed by atoms with E-state index in [1.807, 2.05) is 12.4 Å². The Morgan fingerprint density at radius 3 is 2.44 bits per heavy atom. The van der Waals surface area contributed by atoms with Gasteiger partial charge in [0.05, 0.1) is 4.47 Å². The monoisotopic (exact) mass is 285 g/mol. The highest BCUT2D eigenvalue weighted by molar-refractivity contribution is 9.10. The molecule has 1 heterocycles. The summed E-state index contributed by atoms with van der Waals surface area (Å²) in [5.74, 6) is 1.32. The van der Waals surface area contributed by atoms with Crippen LogP contribution in [0.5, 0.6) is 0 Å². The maximum atomic E-state index is 4.38. The van der Waals surface area contributed by atoms with E-state index in [1.54, 1.807) is 0 Å². The van der Waals surface area contributed by atoms with Crippen LogP contribution < -0.4 is 5.32 Å². The average molecular weight is 286 g/mol. The molecule has 90 valence electrons. The Labute approximate surface area is 106 Å². The second-order valence-electron chi connectivity index (χ2n) is 4.02. The fourth-order valence-electron chi connectivity index (χ4n) is 1.79. The van der Waals surface area contributed by atoms with E-state index in [9.17, 15) is 0 Å². The van der Waals surface area contributed by atoms with E-state index in [4.69, 9.17) is 0 Å². The predicted octanol–water partition coefficient (Wildman–Crippen LogP) is 3.12. The van der Waals surface area contributed by atoms with Crippen LogP contribution in [0.1, 0.15) is 45.4 Å². The normalized spacial score (nSPS) is 14.8. The smallest absolute Gasteiger partial charge is 0.132 e. The maximum Gasteiger partial charge on any atom is 0.132 e. The molecule has 4 heteroatoms. The molecule has 1 aromatic heterocycles. The first kappa shape index (κ1) is 13.6. The fraction of sp³-hybridized carbons (Fsp3) is 0.667. The van der Waals surface area contributed by atoms with Crippen molar-refractivity contribution >= 4 is 15.9 Å². The number of halogens is 1. The summed E-state index contributed by atoms with van der Waals surface area (Å²) in [5.41, 5.74) is 0. The molecule has 0 aliphatic carbocycles. The molecule has 1 aromatic rings. The van der Waals surface area contributed by atoms with E-state index in [1.165, 1.54) is 0 Å². The van der Waals surface area contributed by atoms with Crippen LogP contribution in [-0.2, 0) is 0 Å².